The second-order valence-electron chi connectivity index (χ2n) is 10.1. The smallest absolute Gasteiger partial charge is 0.407 e. The SMILES string of the molecule is CCCCOc1ccc(C[C@H](NC(=O)OCC2c3ccccc3-c3ccccc32)C(=O)ON2C(=O)CCC2=O)cc1. The molecule has 1 heterocycles. The highest BCUT2D eigenvalue weighted by atomic mass is 16.7. The van der Waals surface area contributed by atoms with E-state index in [-0.39, 0.29) is 31.8 Å². The fourth-order valence-corrected chi connectivity index (χ4v) is 5.08. The molecule has 1 fully saturated rings. The summed E-state index contributed by atoms with van der Waals surface area (Å²) < 4.78 is 11.3. The Hall–Kier alpha value is -4.66. The van der Waals surface area contributed by atoms with Crippen LogP contribution in [0.5, 0.6) is 5.75 Å². The van der Waals surface area contributed by atoms with Gasteiger partial charge >= 0.3 is 12.1 Å². The molecular weight excluding hydrogens is 524 g/mol. The van der Waals surface area contributed by atoms with Gasteiger partial charge in [-0.25, -0.2) is 9.59 Å². The summed E-state index contributed by atoms with van der Waals surface area (Å²) in [4.78, 5) is 55.3. The van der Waals surface area contributed by atoms with E-state index >= 15 is 0 Å². The number of amides is 3. The molecule has 1 N–H and O–H groups in total. The fourth-order valence-electron chi connectivity index (χ4n) is 5.08. The number of nitrogens with one attached hydrogen (secondary N) is 1. The minimum absolute atomic E-state index is 0.0317. The third-order valence-electron chi connectivity index (χ3n) is 7.24. The highest BCUT2D eigenvalue weighted by Gasteiger charge is 2.36. The van der Waals surface area contributed by atoms with Crippen LogP contribution in [0.2, 0.25) is 0 Å². The normalized spacial score (nSPS) is 14.8. The van der Waals surface area contributed by atoms with Gasteiger partial charge in [0.2, 0.25) is 0 Å². The number of carbonyl (C=O) groups is 4. The van der Waals surface area contributed by atoms with E-state index in [0.717, 1.165) is 35.1 Å². The van der Waals surface area contributed by atoms with Crippen molar-refractivity contribution in [1.82, 2.24) is 10.4 Å². The molecule has 0 saturated carbocycles. The molecule has 2 aliphatic rings. The van der Waals surface area contributed by atoms with Gasteiger partial charge in [-0.05, 0) is 46.4 Å². The second kappa shape index (κ2) is 12.7. The Kier molecular flexibility index (Phi) is 8.62. The summed E-state index contributed by atoms with van der Waals surface area (Å²) in [6.07, 6.45) is 1.13. The van der Waals surface area contributed by atoms with Crippen molar-refractivity contribution >= 4 is 23.9 Å². The molecule has 3 aromatic rings. The number of alkyl carbamates (subject to hydrolysis) is 1. The Morgan fingerprint density at radius 1 is 0.902 bits per heavy atom. The maximum atomic E-state index is 13.1. The Morgan fingerprint density at radius 2 is 1.51 bits per heavy atom. The monoisotopic (exact) mass is 556 g/mol. The molecule has 1 saturated heterocycles. The Bertz CT molecular complexity index is 1370. The van der Waals surface area contributed by atoms with Crippen LogP contribution in [-0.2, 0) is 30.4 Å². The molecule has 212 valence electrons. The molecule has 9 nitrogen and oxygen atoms in total. The quantitative estimate of drug-likeness (QED) is 0.264. The van der Waals surface area contributed by atoms with E-state index in [9.17, 15) is 19.2 Å². The van der Waals surface area contributed by atoms with Gasteiger partial charge in [-0.15, -0.1) is 5.06 Å². The maximum absolute atomic E-state index is 13.1. The third kappa shape index (κ3) is 6.40. The topological polar surface area (TPSA) is 111 Å². The lowest BCUT2D eigenvalue weighted by atomic mass is 9.98. The predicted molar refractivity (Wildman–Crippen MR) is 150 cm³/mol. The fraction of sp³-hybridized carbons (Fsp3) is 0.312. The number of fused-ring (bicyclic) bond motifs is 3. The number of unbranched alkanes of at least 4 members (excludes halogenated alkanes) is 1. The number of ether oxygens (including phenoxy) is 2. The first-order valence-electron chi connectivity index (χ1n) is 13.9. The van der Waals surface area contributed by atoms with Crippen molar-refractivity contribution in [2.24, 2.45) is 0 Å². The lowest BCUT2D eigenvalue weighted by molar-refractivity contribution is -0.198. The van der Waals surface area contributed by atoms with E-state index in [2.05, 4.69) is 12.2 Å². The summed E-state index contributed by atoms with van der Waals surface area (Å²) in [6, 6.07) is 21.9. The van der Waals surface area contributed by atoms with Gasteiger partial charge in [-0.3, -0.25) is 9.59 Å². The summed E-state index contributed by atoms with van der Waals surface area (Å²) in [5, 5.41) is 3.05. The molecule has 0 spiro atoms. The van der Waals surface area contributed by atoms with Crippen molar-refractivity contribution < 1.29 is 33.5 Å². The first-order valence-corrected chi connectivity index (χ1v) is 13.9. The summed E-state index contributed by atoms with van der Waals surface area (Å²) in [5.74, 6) is -1.60. The molecule has 0 bridgehead atoms. The minimum atomic E-state index is -1.21. The lowest BCUT2D eigenvalue weighted by Gasteiger charge is -2.21. The zero-order valence-electron chi connectivity index (χ0n) is 22.8. The summed E-state index contributed by atoms with van der Waals surface area (Å²) >= 11 is 0. The molecule has 9 heteroatoms. The van der Waals surface area contributed by atoms with Gasteiger partial charge in [0.25, 0.3) is 11.8 Å². The van der Waals surface area contributed by atoms with Crippen molar-refractivity contribution in [3.63, 3.8) is 0 Å². The van der Waals surface area contributed by atoms with Crippen LogP contribution < -0.4 is 10.1 Å². The van der Waals surface area contributed by atoms with E-state index in [1.54, 1.807) is 24.3 Å². The van der Waals surface area contributed by atoms with Crippen LogP contribution in [0.3, 0.4) is 0 Å². The molecule has 41 heavy (non-hydrogen) atoms. The number of hydroxylamine groups is 2. The van der Waals surface area contributed by atoms with Crippen LogP contribution >= 0.6 is 0 Å². The number of carbonyl (C=O) groups excluding carboxylic acids is 4. The van der Waals surface area contributed by atoms with Crippen LogP contribution in [0.4, 0.5) is 4.79 Å². The molecule has 0 radical (unpaired) electrons. The van der Waals surface area contributed by atoms with Gasteiger partial charge in [0.05, 0.1) is 6.61 Å². The molecule has 3 amide bonds. The molecule has 0 unspecified atom stereocenters. The summed E-state index contributed by atoms with van der Waals surface area (Å²) in [5.41, 5.74) is 5.03. The van der Waals surface area contributed by atoms with Crippen molar-refractivity contribution in [2.45, 2.75) is 51.0 Å². The molecule has 0 aromatic heterocycles. The van der Waals surface area contributed by atoms with Crippen LogP contribution in [0, 0.1) is 0 Å². The number of hydrogen-bond donors (Lipinski definition) is 1. The predicted octanol–water partition coefficient (Wildman–Crippen LogP) is 4.92. The van der Waals surface area contributed by atoms with Gasteiger partial charge < -0.3 is 19.6 Å². The number of nitrogens with zero attached hydrogens (tertiary/aromatic N) is 1. The average molecular weight is 557 g/mol. The van der Waals surface area contributed by atoms with E-state index in [1.165, 1.54) is 0 Å². The highest BCUT2D eigenvalue weighted by Crippen LogP contribution is 2.44. The Labute approximate surface area is 238 Å². The highest BCUT2D eigenvalue weighted by molar-refractivity contribution is 6.02. The number of hydrogen-bond acceptors (Lipinski definition) is 7. The second-order valence-corrected chi connectivity index (χ2v) is 10.1. The number of benzene rings is 3. The van der Waals surface area contributed by atoms with Gasteiger partial charge in [0.15, 0.2) is 0 Å². The van der Waals surface area contributed by atoms with Crippen molar-refractivity contribution in [3.05, 3.63) is 89.5 Å². The van der Waals surface area contributed by atoms with E-state index < -0.39 is 29.9 Å². The van der Waals surface area contributed by atoms with E-state index in [4.69, 9.17) is 14.3 Å². The van der Waals surface area contributed by atoms with Crippen molar-refractivity contribution in [2.75, 3.05) is 13.2 Å². The third-order valence-corrected chi connectivity index (χ3v) is 7.24. The van der Waals surface area contributed by atoms with Gasteiger partial charge in [-0.2, -0.15) is 0 Å². The first-order chi connectivity index (χ1) is 19.9. The summed E-state index contributed by atoms with van der Waals surface area (Å²) in [6.45, 7) is 2.75. The average Bonchev–Trinajstić information content (AvgIpc) is 3.48. The van der Waals surface area contributed by atoms with Crippen molar-refractivity contribution in [1.29, 1.82) is 0 Å². The number of imide groups is 1. The Morgan fingerprint density at radius 3 is 2.12 bits per heavy atom. The maximum Gasteiger partial charge on any atom is 0.407 e. The zero-order chi connectivity index (χ0) is 28.8. The number of rotatable bonds is 11. The first kappa shape index (κ1) is 27.9. The molecule has 5 rings (SSSR count). The lowest BCUT2D eigenvalue weighted by Crippen LogP contribution is -2.46. The van der Waals surface area contributed by atoms with Gasteiger partial charge in [0.1, 0.15) is 18.4 Å². The Balaban J connectivity index is 1.27. The van der Waals surface area contributed by atoms with E-state index in [1.807, 2.05) is 48.5 Å². The molecule has 1 aliphatic heterocycles. The largest absolute Gasteiger partial charge is 0.494 e. The zero-order valence-corrected chi connectivity index (χ0v) is 22.8. The van der Waals surface area contributed by atoms with Gasteiger partial charge in [0, 0.05) is 25.2 Å². The van der Waals surface area contributed by atoms with Crippen LogP contribution in [0.1, 0.15) is 55.2 Å². The van der Waals surface area contributed by atoms with E-state index in [0.29, 0.717) is 23.0 Å². The molecule has 1 atom stereocenters. The van der Waals surface area contributed by atoms with Crippen molar-refractivity contribution in [3.8, 4) is 16.9 Å². The van der Waals surface area contributed by atoms with Gasteiger partial charge in [-0.1, -0.05) is 74.0 Å². The van der Waals surface area contributed by atoms with Crippen LogP contribution in [0.15, 0.2) is 72.8 Å². The molecular formula is C32H32N2O7. The standard InChI is InChI=1S/C32H32N2O7/c1-2-3-18-39-22-14-12-21(13-15-22)19-28(31(37)41-34-29(35)16-17-30(34)36)33-32(38)40-20-27-25-10-6-4-8-23(25)24-9-5-7-11-26(24)27/h4-15,27-28H,2-3,16-20H2,1H3,(H,33,38)/t28-/m0/s1. The minimum Gasteiger partial charge on any atom is -0.494 e. The molecule has 1 aliphatic carbocycles. The summed E-state index contributed by atoms with van der Waals surface area (Å²) in [7, 11) is 0. The van der Waals surface area contributed by atoms with Crippen LogP contribution in [-0.4, -0.2) is 48.2 Å². The molecule has 3 aromatic carbocycles. The van der Waals surface area contributed by atoms with Crippen LogP contribution in [0.25, 0.3) is 11.1 Å².